The normalized spacial score (nSPS) is 10.8. The van der Waals surface area contributed by atoms with Crippen molar-refractivity contribution in [2.75, 3.05) is 0 Å². The molecule has 2 heterocycles. The van der Waals surface area contributed by atoms with E-state index in [4.69, 9.17) is 16.1 Å². The lowest BCUT2D eigenvalue weighted by molar-refractivity contribution is -0.121. The Morgan fingerprint density at radius 3 is 2.76 bits per heavy atom. The number of carbonyl (C=O) groups excluding carboxylic acids is 1. The summed E-state index contributed by atoms with van der Waals surface area (Å²) in [6.45, 7) is 2.67. The molecule has 0 radical (unpaired) electrons. The van der Waals surface area contributed by atoms with Gasteiger partial charge in [-0.25, -0.2) is 0 Å². The lowest BCUT2D eigenvalue weighted by Crippen LogP contribution is -2.27. The van der Waals surface area contributed by atoms with Crippen LogP contribution in [-0.2, 0) is 17.9 Å². The standard InChI is InChI=1S/C22H19ClN4O2/c1-15-4-2-5-16(12-15)13-24-20(28)14-27-11-3-6-19(27)22-25-21(26-29-22)17-7-9-18(23)10-8-17/h2-12H,13-14H2,1H3,(H,24,28). The Morgan fingerprint density at radius 1 is 1.14 bits per heavy atom. The van der Waals surface area contributed by atoms with Crippen molar-refractivity contribution in [1.29, 1.82) is 0 Å². The van der Waals surface area contributed by atoms with E-state index in [0.29, 0.717) is 29.0 Å². The molecule has 146 valence electrons. The average Bonchev–Trinajstić information content (AvgIpc) is 3.36. The van der Waals surface area contributed by atoms with Crippen LogP contribution in [0, 0.1) is 6.92 Å². The summed E-state index contributed by atoms with van der Waals surface area (Å²) in [7, 11) is 0. The van der Waals surface area contributed by atoms with E-state index in [1.165, 1.54) is 0 Å². The fourth-order valence-electron chi connectivity index (χ4n) is 3.02. The van der Waals surface area contributed by atoms with Crippen molar-refractivity contribution in [3.8, 4) is 23.0 Å². The lowest BCUT2D eigenvalue weighted by Gasteiger charge is -2.08. The van der Waals surface area contributed by atoms with Crippen molar-refractivity contribution < 1.29 is 9.32 Å². The van der Waals surface area contributed by atoms with E-state index < -0.39 is 0 Å². The minimum atomic E-state index is -0.0959. The molecule has 0 aliphatic heterocycles. The third-order valence-electron chi connectivity index (χ3n) is 4.46. The van der Waals surface area contributed by atoms with E-state index in [1.807, 2.05) is 55.6 Å². The number of rotatable bonds is 6. The average molecular weight is 407 g/mol. The Labute approximate surface area is 173 Å². The van der Waals surface area contributed by atoms with Crippen LogP contribution in [0.25, 0.3) is 23.0 Å². The predicted octanol–water partition coefficient (Wildman–Crippen LogP) is 4.48. The van der Waals surface area contributed by atoms with E-state index >= 15 is 0 Å². The van der Waals surface area contributed by atoms with Crippen LogP contribution in [0.2, 0.25) is 5.02 Å². The SMILES string of the molecule is Cc1cccc(CNC(=O)Cn2cccc2-c2nc(-c3ccc(Cl)cc3)no2)c1. The second kappa shape index (κ2) is 8.32. The lowest BCUT2D eigenvalue weighted by atomic mass is 10.1. The van der Waals surface area contributed by atoms with Crippen molar-refractivity contribution >= 4 is 17.5 Å². The summed E-state index contributed by atoms with van der Waals surface area (Å²) in [6.07, 6.45) is 1.81. The predicted molar refractivity (Wildman–Crippen MR) is 111 cm³/mol. The maximum Gasteiger partial charge on any atom is 0.274 e. The van der Waals surface area contributed by atoms with Gasteiger partial charge in [0.1, 0.15) is 12.2 Å². The first-order valence-electron chi connectivity index (χ1n) is 9.16. The van der Waals surface area contributed by atoms with Crippen molar-refractivity contribution in [2.24, 2.45) is 0 Å². The first-order chi connectivity index (χ1) is 14.1. The van der Waals surface area contributed by atoms with Crippen LogP contribution in [0.4, 0.5) is 0 Å². The number of halogens is 1. The molecule has 0 bridgehead atoms. The number of hydrogen-bond acceptors (Lipinski definition) is 4. The van der Waals surface area contributed by atoms with E-state index in [-0.39, 0.29) is 12.5 Å². The number of amides is 1. The van der Waals surface area contributed by atoms with Crippen LogP contribution in [0.5, 0.6) is 0 Å². The molecule has 0 aliphatic rings. The number of benzene rings is 2. The van der Waals surface area contributed by atoms with Crippen LogP contribution in [0.15, 0.2) is 71.4 Å². The zero-order valence-corrected chi connectivity index (χ0v) is 16.6. The minimum Gasteiger partial charge on any atom is -0.350 e. The van der Waals surface area contributed by atoms with Crippen LogP contribution >= 0.6 is 11.6 Å². The third-order valence-corrected chi connectivity index (χ3v) is 4.72. The van der Waals surface area contributed by atoms with Crippen LogP contribution < -0.4 is 5.32 Å². The van der Waals surface area contributed by atoms with Gasteiger partial charge in [-0.2, -0.15) is 4.98 Å². The molecule has 0 atom stereocenters. The first kappa shape index (κ1) is 19.0. The van der Waals surface area contributed by atoms with Crippen molar-refractivity contribution in [1.82, 2.24) is 20.0 Å². The molecule has 0 saturated heterocycles. The van der Waals surface area contributed by atoms with E-state index in [0.717, 1.165) is 16.7 Å². The summed E-state index contributed by atoms with van der Waals surface area (Å²) >= 11 is 5.92. The summed E-state index contributed by atoms with van der Waals surface area (Å²) in [5.74, 6) is 0.723. The van der Waals surface area contributed by atoms with Gasteiger partial charge in [0.2, 0.25) is 11.7 Å². The first-order valence-corrected chi connectivity index (χ1v) is 9.54. The molecule has 0 spiro atoms. The van der Waals surface area contributed by atoms with Crippen molar-refractivity contribution in [3.05, 3.63) is 83.0 Å². The number of hydrogen-bond donors (Lipinski definition) is 1. The zero-order valence-electron chi connectivity index (χ0n) is 15.8. The van der Waals surface area contributed by atoms with Gasteiger partial charge < -0.3 is 14.4 Å². The molecule has 2 aromatic heterocycles. The highest BCUT2D eigenvalue weighted by Gasteiger charge is 2.15. The van der Waals surface area contributed by atoms with Gasteiger partial charge in [0, 0.05) is 23.3 Å². The number of aryl methyl sites for hydroxylation is 1. The molecule has 6 nitrogen and oxygen atoms in total. The highest BCUT2D eigenvalue weighted by Crippen LogP contribution is 2.23. The fourth-order valence-corrected chi connectivity index (χ4v) is 3.15. The summed E-state index contributed by atoms with van der Waals surface area (Å²) in [6, 6.07) is 18.9. The van der Waals surface area contributed by atoms with Gasteiger partial charge in [0.25, 0.3) is 5.89 Å². The molecular weight excluding hydrogens is 388 g/mol. The summed E-state index contributed by atoms with van der Waals surface area (Å²) in [5.41, 5.74) is 3.72. The molecule has 0 aliphatic carbocycles. The van der Waals surface area contributed by atoms with Crippen LogP contribution in [0.3, 0.4) is 0 Å². The molecule has 1 amide bonds. The topological polar surface area (TPSA) is 73.0 Å². The summed E-state index contributed by atoms with van der Waals surface area (Å²) < 4.78 is 7.19. The van der Waals surface area contributed by atoms with Gasteiger partial charge in [-0.15, -0.1) is 0 Å². The number of nitrogens with zero attached hydrogens (tertiary/aromatic N) is 3. The highest BCUT2D eigenvalue weighted by atomic mass is 35.5. The Bertz CT molecular complexity index is 1130. The minimum absolute atomic E-state index is 0.0959. The molecule has 4 aromatic rings. The Morgan fingerprint density at radius 2 is 1.97 bits per heavy atom. The molecule has 0 fully saturated rings. The quantitative estimate of drug-likeness (QED) is 0.512. The molecule has 0 unspecified atom stereocenters. The molecule has 4 rings (SSSR count). The van der Waals surface area contributed by atoms with E-state index in [2.05, 4.69) is 21.5 Å². The van der Waals surface area contributed by atoms with Crippen LogP contribution in [-0.4, -0.2) is 20.6 Å². The van der Waals surface area contributed by atoms with Gasteiger partial charge in [-0.1, -0.05) is 46.6 Å². The van der Waals surface area contributed by atoms with Crippen molar-refractivity contribution in [2.45, 2.75) is 20.0 Å². The van der Waals surface area contributed by atoms with Gasteiger partial charge in [0.05, 0.1) is 0 Å². The number of nitrogens with one attached hydrogen (secondary N) is 1. The second-order valence-corrected chi connectivity index (χ2v) is 7.15. The summed E-state index contributed by atoms with van der Waals surface area (Å²) in [4.78, 5) is 16.9. The smallest absolute Gasteiger partial charge is 0.274 e. The van der Waals surface area contributed by atoms with Gasteiger partial charge in [-0.05, 0) is 48.9 Å². The molecular formula is C22H19ClN4O2. The molecule has 2 aromatic carbocycles. The molecule has 29 heavy (non-hydrogen) atoms. The number of aromatic nitrogens is 3. The van der Waals surface area contributed by atoms with Gasteiger partial charge in [0.15, 0.2) is 0 Å². The Hall–Kier alpha value is -3.38. The monoisotopic (exact) mass is 406 g/mol. The second-order valence-electron chi connectivity index (χ2n) is 6.72. The summed E-state index contributed by atoms with van der Waals surface area (Å²) in [5, 5.41) is 7.62. The molecule has 0 saturated carbocycles. The molecule has 7 heteroatoms. The zero-order chi connectivity index (χ0) is 20.2. The van der Waals surface area contributed by atoms with E-state index in [9.17, 15) is 4.79 Å². The van der Waals surface area contributed by atoms with Crippen molar-refractivity contribution in [3.63, 3.8) is 0 Å². The maximum atomic E-state index is 12.4. The Kier molecular flexibility index (Phi) is 5.44. The highest BCUT2D eigenvalue weighted by molar-refractivity contribution is 6.30. The fraction of sp³-hybridized carbons (Fsp3) is 0.136. The maximum absolute atomic E-state index is 12.4. The Balaban J connectivity index is 1.44. The van der Waals surface area contributed by atoms with Gasteiger partial charge in [-0.3, -0.25) is 4.79 Å². The van der Waals surface area contributed by atoms with E-state index in [1.54, 1.807) is 16.7 Å². The van der Waals surface area contributed by atoms with Gasteiger partial charge >= 0.3 is 0 Å². The van der Waals surface area contributed by atoms with Crippen LogP contribution in [0.1, 0.15) is 11.1 Å². The molecule has 1 N–H and O–H groups in total. The largest absolute Gasteiger partial charge is 0.350 e. The number of carbonyl (C=O) groups is 1. The third kappa shape index (κ3) is 4.55.